The van der Waals surface area contributed by atoms with Crippen LogP contribution in [0, 0.1) is 12.3 Å². The van der Waals surface area contributed by atoms with Gasteiger partial charge in [0.15, 0.2) is 0 Å². The summed E-state index contributed by atoms with van der Waals surface area (Å²) >= 11 is 12.3. The molecular weight excluding hydrogens is 459 g/mol. The van der Waals surface area contributed by atoms with Crippen molar-refractivity contribution in [3.8, 4) is 29.6 Å². The molecule has 1 heterocycles. The third-order valence-corrected chi connectivity index (χ3v) is 4.96. The number of imide groups is 2. The monoisotopic (exact) mass is 474 g/mol. The molecule has 3 rings (SSSR count). The first-order chi connectivity index (χ1) is 15.3. The Morgan fingerprint density at radius 1 is 1.03 bits per heavy atom. The molecule has 2 aromatic carbocycles. The minimum Gasteiger partial charge on any atom is -0.495 e. The maximum atomic E-state index is 13.2. The first-order valence-electron chi connectivity index (χ1n) is 8.99. The van der Waals surface area contributed by atoms with Crippen LogP contribution >= 0.6 is 23.2 Å². The van der Waals surface area contributed by atoms with Crippen LogP contribution < -0.4 is 24.4 Å². The fraction of sp³-hybridized carbons (Fsp3) is 0.136. The van der Waals surface area contributed by atoms with Gasteiger partial charge in [-0.3, -0.25) is 14.9 Å². The average Bonchev–Trinajstić information content (AvgIpc) is 2.76. The van der Waals surface area contributed by atoms with Gasteiger partial charge < -0.3 is 14.2 Å². The Bertz CT molecular complexity index is 1190. The number of barbiturate groups is 1. The summed E-state index contributed by atoms with van der Waals surface area (Å²) in [5, 5.41) is 2.58. The number of halogens is 2. The molecule has 0 aromatic heterocycles. The van der Waals surface area contributed by atoms with Crippen LogP contribution in [0.15, 0.2) is 35.9 Å². The van der Waals surface area contributed by atoms with E-state index in [1.807, 2.05) is 0 Å². The van der Waals surface area contributed by atoms with Gasteiger partial charge in [-0.15, -0.1) is 6.42 Å². The van der Waals surface area contributed by atoms with Gasteiger partial charge in [-0.25, -0.2) is 9.69 Å². The van der Waals surface area contributed by atoms with E-state index in [2.05, 4.69) is 11.2 Å². The number of urea groups is 1. The molecule has 4 amide bonds. The maximum absolute atomic E-state index is 13.2. The van der Waals surface area contributed by atoms with Crippen molar-refractivity contribution in [2.24, 2.45) is 0 Å². The molecule has 0 spiro atoms. The lowest BCUT2D eigenvalue weighted by Crippen LogP contribution is -2.54. The molecule has 1 aliphatic heterocycles. The third-order valence-electron chi connectivity index (χ3n) is 4.37. The zero-order valence-electron chi connectivity index (χ0n) is 16.9. The molecule has 0 saturated carbocycles. The van der Waals surface area contributed by atoms with Crippen LogP contribution in [0.3, 0.4) is 0 Å². The Labute approximate surface area is 193 Å². The van der Waals surface area contributed by atoms with Gasteiger partial charge in [0.25, 0.3) is 11.8 Å². The van der Waals surface area contributed by atoms with Crippen molar-refractivity contribution in [2.75, 3.05) is 25.7 Å². The molecule has 0 radical (unpaired) electrons. The van der Waals surface area contributed by atoms with Gasteiger partial charge in [0, 0.05) is 12.1 Å². The summed E-state index contributed by atoms with van der Waals surface area (Å²) in [6, 6.07) is 6.43. The van der Waals surface area contributed by atoms with E-state index in [1.165, 1.54) is 38.5 Å². The number of anilines is 1. The standard InChI is InChI=1S/C22H16Cl2N2O6/c1-4-7-32-17-6-5-12(9-14(17)23)8-13-20(27)25-22(29)26(21(13)28)16-11-18(30-2)15(24)10-19(16)31-3/h1,5-6,8-11H,7H2,2-3H3,(H,25,27,29). The number of carbonyl (C=O) groups is 3. The number of amides is 4. The van der Waals surface area contributed by atoms with Crippen LogP contribution in [0.25, 0.3) is 6.08 Å². The first kappa shape index (κ1) is 23.0. The number of hydrogen-bond donors (Lipinski definition) is 1. The van der Waals surface area contributed by atoms with Crippen LogP contribution in [0.2, 0.25) is 10.0 Å². The fourth-order valence-corrected chi connectivity index (χ4v) is 3.38. The van der Waals surface area contributed by atoms with Gasteiger partial charge in [-0.05, 0) is 23.8 Å². The number of nitrogens with one attached hydrogen (secondary N) is 1. The molecule has 1 saturated heterocycles. The molecule has 32 heavy (non-hydrogen) atoms. The van der Waals surface area contributed by atoms with Crippen molar-refractivity contribution in [1.82, 2.24) is 5.32 Å². The van der Waals surface area contributed by atoms with Crippen molar-refractivity contribution in [3.05, 3.63) is 51.5 Å². The SMILES string of the molecule is C#CCOc1ccc(C=C2C(=O)NC(=O)N(c3cc(OC)c(Cl)cc3OC)C2=O)cc1Cl. The van der Waals surface area contributed by atoms with E-state index in [9.17, 15) is 14.4 Å². The Balaban J connectivity index is 2.03. The highest BCUT2D eigenvalue weighted by Gasteiger charge is 2.38. The summed E-state index contributed by atoms with van der Waals surface area (Å²) < 4.78 is 15.7. The number of benzene rings is 2. The Hall–Kier alpha value is -3.67. The molecule has 1 fully saturated rings. The molecule has 164 valence electrons. The molecule has 1 aliphatic rings. The third kappa shape index (κ3) is 4.49. The van der Waals surface area contributed by atoms with Crippen molar-refractivity contribution in [1.29, 1.82) is 0 Å². The topological polar surface area (TPSA) is 94.2 Å². The normalized spacial score (nSPS) is 14.8. The number of terminal acetylenes is 1. The molecule has 0 unspecified atom stereocenters. The Kier molecular flexibility index (Phi) is 6.93. The average molecular weight is 475 g/mol. The van der Waals surface area contributed by atoms with E-state index in [-0.39, 0.29) is 39.4 Å². The molecule has 2 aromatic rings. The number of hydrogen-bond acceptors (Lipinski definition) is 6. The van der Waals surface area contributed by atoms with Gasteiger partial charge in [-0.2, -0.15) is 0 Å². The van der Waals surface area contributed by atoms with E-state index in [1.54, 1.807) is 12.1 Å². The van der Waals surface area contributed by atoms with Crippen LogP contribution in [0.4, 0.5) is 10.5 Å². The van der Waals surface area contributed by atoms with E-state index in [0.29, 0.717) is 11.3 Å². The van der Waals surface area contributed by atoms with Crippen molar-refractivity contribution >= 4 is 52.8 Å². The second-order valence-electron chi connectivity index (χ2n) is 6.30. The van der Waals surface area contributed by atoms with E-state index in [0.717, 1.165) is 4.90 Å². The van der Waals surface area contributed by atoms with E-state index >= 15 is 0 Å². The number of nitrogens with zero attached hydrogens (tertiary/aromatic N) is 1. The predicted molar refractivity (Wildman–Crippen MR) is 119 cm³/mol. The number of carbonyl (C=O) groups excluding carboxylic acids is 3. The zero-order chi connectivity index (χ0) is 23.4. The second kappa shape index (κ2) is 9.64. The molecular formula is C22H16Cl2N2O6. The van der Waals surface area contributed by atoms with Crippen LogP contribution in [-0.2, 0) is 9.59 Å². The highest BCUT2D eigenvalue weighted by Crippen LogP contribution is 2.39. The summed E-state index contributed by atoms with van der Waals surface area (Å²) in [6.07, 6.45) is 6.46. The van der Waals surface area contributed by atoms with Gasteiger partial charge in [0.05, 0.1) is 30.0 Å². The quantitative estimate of drug-likeness (QED) is 0.389. The minimum atomic E-state index is -0.948. The highest BCUT2D eigenvalue weighted by molar-refractivity contribution is 6.40. The van der Waals surface area contributed by atoms with E-state index in [4.69, 9.17) is 43.8 Å². The smallest absolute Gasteiger partial charge is 0.336 e. The summed E-state index contributed by atoms with van der Waals surface area (Å²) in [5.41, 5.74) is 0.177. The Morgan fingerprint density at radius 2 is 1.72 bits per heavy atom. The molecule has 0 bridgehead atoms. The van der Waals surface area contributed by atoms with Gasteiger partial charge >= 0.3 is 6.03 Å². The van der Waals surface area contributed by atoms with Gasteiger partial charge in [-0.1, -0.05) is 35.2 Å². The van der Waals surface area contributed by atoms with Crippen LogP contribution in [0.1, 0.15) is 5.56 Å². The summed E-state index contributed by atoms with van der Waals surface area (Å²) in [4.78, 5) is 38.9. The molecule has 1 N–H and O–H groups in total. The summed E-state index contributed by atoms with van der Waals surface area (Å²) in [6.45, 7) is 0.0322. The largest absolute Gasteiger partial charge is 0.495 e. The van der Waals surface area contributed by atoms with Gasteiger partial charge in [0.2, 0.25) is 0 Å². The van der Waals surface area contributed by atoms with E-state index < -0.39 is 17.8 Å². The molecule has 0 atom stereocenters. The lowest BCUT2D eigenvalue weighted by Gasteiger charge is -2.28. The second-order valence-corrected chi connectivity index (χ2v) is 7.11. The van der Waals surface area contributed by atoms with Crippen molar-refractivity contribution in [3.63, 3.8) is 0 Å². The number of methoxy groups -OCH3 is 2. The van der Waals surface area contributed by atoms with Crippen LogP contribution in [-0.4, -0.2) is 38.7 Å². The number of ether oxygens (including phenoxy) is 3. The van der Waals surface area contributed by atoms with Gasteiger partial charge in [0.1, 0.15) is 29.4 Å². The molecule has 0 aliphatic carbocycles. The molecule has 10 heteroatoms. The molecule has 8 nitrogen and oxygen atoms in total. The van der Waals surface area contributed by atoms with Crippen molar-refractivity contribution < 1.29 is 28.6 Å². The fourth-order valence-electron chi connectivity index (χ4n) is 2.91. The Morgan fingerprint density at radius 3 is 2.34 bits per heavy atom. The highest BCUT2D eigenvalue weighted by atomic mass is 35.5. The predicted octanol–water partition coefficient (Wildman–Crippen LogP) is 3.69. The van der Waals surface area contributed by atoms with Crippen molar-refractivity contribution in [2.45, 2.75) is 0 Å². The maximum Gasteiger partial charge on any atom is 0.336 e. The summed E-state index contributed by atoms with van der Waals surface area (Å²) in [7, 11) is 2.73. The van der Waals surface area contributed by atoms with Crippen LogP contribution in [0.5, 0.6) is 17.2 Å². The first-order valence-corrected chi connectivity index (χ1v) is 9.75. The zero-order valence-corrected chi connectivity index (χ0v) is 18.4. The minimum absolute atomic E-state index is 0.0322. The number of rotatable bonds is 6. The lowest BCUT2D eigenvalue weighted by atomic mass is 10.1. The lowest BCUT2D eigenvalue weighted by molar-refractivity contribution is -0.122. The summed E-state index contributed by atoms with van der Waals surface area (Å²) in [5.74, 6) is 1.28.